The van der Waals surface area contributed by atoms with Crippen LogP contribution in [-0.2, 0) is 14.3 Å². The molecule has 0 spiro atoms. The Labute approximate surface area is 66.0 Å². The molecule has 0 aromatic carbocycles. The van der Waals surface area contributed by atoms with Crippen LogP contribution in [0.5, 0.6) is 0 Å². The molecular formula is C8H12O3. The van der Waals surface area contributed by atoms with Gasteiger partial charge in [-0.15, -0.1) is 0 Å². The van der Waals surface area contributed by atoms with Gasteiger partial charge in [-0.3, -0.25) is 0 Å². The molecule has 0 fully saturated rings. The zero-order chi connectivity index (χ0) is 8.53. The third-order valence-electron chi connectivity index (χ3n) is 1.15. The van der Waals surface area contributed by atoms with E-state index in [1.807, 2.05) is 0 Å². The van der Waals surface area contributed by atoms with E-state index >= 15 is 0 Å². The molecule has 0 unspecified atom stereocenters. The number of carbonyl (C=O) groups excluding carboxylic acids is 2. The molecule has 0 aliphatic heterocycles. The molecule has 62 valence electrons. The topological polar surface area (TPSA) is 43.4 Å². The fourth-order valence-corrected chi connectivity index (χ4v) is 0.567. The minimum atomic E-state index is -0.351. The van der Waals surface area contributed by atoms with Crippen molar-refractivity contribution in [3.63, 3.8) is 0 Å². The van der Waals surface area contributed by atoms with Crippen LogP contribution in [0.2, 0.25) is 0 Å². The standard InChI is InChI=1S/C8H12O3/c1-11-8(10)6-4-2-3-5-7-9/h4,6-7H,2-3,5H2,1H3/b6-4-. The highest BCUT2D eigenvalue weighted by Crippen LogP contribution is 1.93. The van der Waals surface area contributed by atoms with Gasteiger partial charge >= 0.3 is 5.97 Å². The van der Waals surface area contributed by atoms with E-state index < -0.39 is 0 Å². The molecule has 0 rings (SSSR count). The largest absolute Gasteiger partial charge is 0.466 e. The molecule has 0 heterocycles. The van der Waals surface area contributed by atoms with E-state index in [-0.39, 0.29) is 5.97 Å². The lowest BCUT2D eigenvalue weighted by Gasteiger charge is -1.89. The Kier molecular flexibility index (Phi) is 6.28. The van der Waals surface area contributed by atoms with Crippen LogP contribution < -0.4 is 0 Å². The summed E-state index contributed by atoms with van der Waals surface area (Å²) in [4.78, 5) is 20.3. The Hall–Kier alpha value is -1.12. The minimum absolute atomic E-state index is 0.351. The summed E-state index contributed by atoms with van der Waals surface area (Å²) in [6, 6.07) is 0. The monoisotopic (exact) mass is 156 g/mol. The lowest BCUT2D eigenvalue weighted by Crippen LogP contribution is -1.93. The van der Waals surface area contributed by atoms with Gasteiger partial charge in [0, 0.05) is 12.5 Å². The second-order valence-electron chi connectivity index (χ2n) is 2.02. The van der Waals surface area contributed by atoms with Crippen molar-refractivity contribution in [2.45, 2.75) is 19.3 Å². The molecule has 0 radical (unpaired) electrons. The number of carbonyl (C=O) groups is 2. The van der Waals surface area contributed by atoms with Crippen LogP contribution in [0.1, 0.15) is 19.3 Å². The van der Waals surface area contributed by atoms with E-state index in [9.17, 15) is 9.59 Å². The van der Waals surface area contributed by atoms with E-state index in [0.29, 0.717) is 6.42 Å². The van der Waals surface area contributed by atoms with Crippen LogP contribution in [0.4, 0.5) is 0 Å². The lowest BCUT2D eigenvalue weighted by molar-refractivity contribution is -0.134. The summed E-state index contributed by atoms with van der Waals surface area (Å²) < 4.78 is 4.36. The van der Waals surface area contributed by atoms with Crippen LogP contribution in [0.25, 0.3) is 0 Å². The SMILES string of the molecule is COC(=O)/C=C\CCCC=O. The third-order valence-corrected chi connectivity index (χ3v) is 1.15. The summed E-state index contributed by atoms with van der Waals surface area (Å²) in [5.74, 6) is -0.351. The van der Waals surface area contributed by atoms with Crippen molar-refractivity contribution in [3.05, 3.63) is 12.2 Å². The molecule has 3 nitrogen and oxygen atoms in total. The maximum Gasteiger partial charge on any atom is 0.330 e. The molecule has 0 aromatic rings. The van der Waals surface area contributed by atoms with Gasteiger partial charge in [0.15, 0.2) is 0 Å². The Balaban J connectivity index is 3.29. The fraction of sp³-hybridized carbons (Fsp3) is 0.500. The highest BCUT2D eigenvalue weighted by Gasteiger charge is 1.88. The number of unbranched alkanes of at least 4 members (excludes halogenated alkanes) is 2. The van der Waals surface area contributed by atoms with E-state index in [0.717, 1.165) is 19.1 Å². The molecule has 0 bridgehead atoms. The fourth-order valence-electron chi connectivity index (χ4n) is 0.567. The second kappa shape index (κ2) is 6.99. The lowest BCUT2D eigenvalue weighted by atomic mass is 10.2. The van der Waals surface area contributed by atoms with Crippen LogP contribution in [-0.4, -0.2) is 19.4 Å². The number of methoxy groups -OCH3 is 1. The van der Waals surface area contributed by atoms with Crippen molar-refractivity contribution in [3.8, 4) is 0 Å². The van der Waals surface area contributed by atoms with E-state index in [1.165, 1.54) is 13.2 Å². The number of aldehydes is 1. The number of esters is 1. The van der Waals surface area contributed by atoms with Crippen molar-refractivity contribution in [2.24, 2.45) is 0 Å². The molecule has 0 atom stereocenters. The van der Waals surface area contributed by atoms with Crippen molar-refractivity contribution in [1.29, 1.82) is 0 Å². The first-order valence-corrected chi connectivity index (χ1v) is 3.49. The number of rotatable bonds is 5. The zero-order valence-electron chi connectivity index (χ0n) is 6.58. The van der Waals surface area contributed by atoms with Gasteiger partial charge in [-0.25, -0.2) is 4.79 Å². The van der Waals surface area contributed by atoms with Crippen LogP contribution >= 0.6 is 0 Å². The van der Waals surface area contributed by atoms with Crippen molar-refractivity contribution in [2.75, 3.05) is 7.11 Å². The van der Waals surface area contributed by atoms with Crippen molar-refractivity contribution < 1.29 is 14.3 Å². The predicted molar refractivity (Wildman–Crippen MR) is 41.1 cm³/mol. The number of ether oxygens (including phenoxy) is 1. The van der Waals surface area contributed by atoms with Gasteiger partial charge in [0.05, 0.1) is 7.11 Å². The highest BCUT2D eigenvalue weighted by atomic mass is 16.5. The van der Waals surface area contributed by atoms with Crippen molar-refractivity contribution in [1.82, 2.24) is 0 Å². The Morgan fingerprint density at radius 1 is 1.45 bits per heavy atom. The van der Waals surface area contributed by atoms with Crippen LogP contribution in [0.15, 0.2) is 12.2 Å². The van der Waals surface area contributed by atoms with Gasteiger partial charge < -0.3 is 9.53 Å². The maximum absolute atomic E-state index is 10.5. The summed E-state index contributed by atoms with van der Waals surface area (Å²) in [6.07, 6.45) is 6.02. The number of hydrogen-bond donors (Lipinski definition) is 0. The van der Waals surface area contributed by atoms with E-state index in [1.54, 1.807) is 6.08 Å². The van der Waals surface area contributed by atoms with Crippen molar-refractivity contribution >= 4 is 12.3 Å². The Bertz CT molecular complexity index is 149. The molecule has 11 heavy (non-hydrogen) atoms. The molecular weight excluding hydrogens is 144 g/mol. The summed E-state index contributed by atoms with van der Waals surface area (Å²) in [7, 11) is 1.33. The Morgan fingerprint density at radius 2 is 2.18 bits per heavy atom. The van der Waals surface area contributed by atoms with Gasteiger partial charge in [0.25, 0.3) is 0 Å². The maximum atomic E-state index is 10.5. The van der Waals surface area contributed by atoms with Gasteiger partial charge in [-0.1, -0.05) is 6.08 Å². The summed E-state index contributed by atoms with van der Waals surface area (Å²) in [6.45, 7) is 0. The van der Waals surface area contributed by atoms with Crippen LogP contribution in [0, 0.1) is 0 Å². The predicted octanol–water partition coefficient (Wildman–Crippen LogP) is 1.08. The zero-order valence-corrected chi connectivity index (χ0v) is 6.58. The first kappa shape index (κ1) is 9.88. The Morgan fingerprint density at radius 3 is 2.73 bits per heavy atom. The van der Waals surface area contributed by atoms with Gasteiger partial charge in [0.1, 0.15) is 6.29 Å². The highest BCUT2D eigenvalue weighted by molar-refractivity contribution is 5.81. The molecule has 0 saturated heterocycles. The molecule has 0 aliphatic rings. The normalized spacial score (nSPS) is 9.91. The van der Waals surface area contributed by atoms with E-state index in [2.05, 4.69) is 4.74 Å². The van der Waals surface area contributed by atoms with Gasteiger partial charge in [-0.05, 0) is 12.8 Å². The molecule has 0 aliphatic carbocycles. The van der Waals surface area contributed by atoms with Gasteiger partial charge in [-0.2, -0.15) is 0 Å². The first-order chi connectivity index (χ1) is 5.31. The van der Waals surface area contributed by atoms with Crippen LogP contribution in [0.3, 0.4) is 0 Å². The quantitative estimate of drug-likeness (QED) is 0.259. The summed E-state index contributed by atoms with van der Waals surface area (Å²) in [5, 5.41) is 0. The molecule has 0 N–H and O–H groups in total. The summed E-state index contributed by atoms with van der Waals surface area (Å²) in [5.41, 5.74) is 0. The molecule has 3 heteroatoms. The molecule has 0 aromatic heterocycles. The molecule has 0 amide bonds. The smallest absolute Gasteiger partial charge is 0.330 e. The third kappa shape index (κ3) is 6.77. The number of allylic oxidation sites excluding steroid dienone is 1. The average molecular weight is 156 g/mol. The molecule has 0 saturated carbocycles. The first-order valence-electron chi connectivity index (χ1n) is 3.49. The van der Waals surface area contributed by atoms with Gasteiger partial charge in [0.2, 0.25) is 0 Å². The average Bonchev–Trinajstić information content (AvgIpc) is 2.04. The second-order valence-corrected chi connectivity index (χ2v) is 2.02. The minimum Gasteiger partial charge on any atom is -0.466 e. The van der Waals surface area contributed by atoms with E-state index in [4.69, 9.17) is 0 Å². The number of hydrogen-bond acceptors (Lipinski definition) is 3. The summed E-state index contributed by atoms with van der Waals surface area (Å²) >= 11 is 0.